The fourth-order valence-corrected chi connectivity index (χ4v) is 3.31. The third-order valence-electron chi connectivity index (χ3n) is 3.99. The molecule has 4 N–H and O–H groups in total. The number of hydrogen-bond acceptors (Lipinski definition) is 9. The third kappa shape index (κ3) is 3.36. The number of thiazole rings is 1. The Morgan fingerprint density at radius 1 is 1.07 bits per heavy atom. The molecule has 1 aromatic heterocycles. The largest absolute Gasteiger partial charge is 0.496 e. The second-order valence-electron chi connectivity index (χ2n) is 5.61. The van der Waals surface area contributed by atoms with Crippen LogP contribution >= 0.6 is 11.3 Å². The van der Waals surface area contributed by atoms with E-state index in [1.807, 2.05) is 0 Å². The molecule has 0 amide bonds. The van der Waals surface area contributed by atoms with E-state index in [1.54, 1.807) is 25.1 Å². The molecule has 0 aliphatic rings. The lowest BCUT2D eigenvalue weighted by molar-refractivity contribution is 0.0592. The van der Waals surface area contributed by atoms with Crippen molar-refractivity contribution in [1.29, 1.82) is 0 Å². The fraction of sp³-hybridized carbons (Fsp3) is 0.167. The molecule has 0 aliphatic heterocycles. The molecule has 27 heavy (non-hydrogen) atoms. The predicted molar refractivity (Wildman–Crippen MR) is 102 cm³/mol. The zero-order valence-electron chi connectivity index (χ0n) is 14.9. The first-order chi connectivity index (χ1) is 12.8. The van der Waals surface area contributed by atoms with Crippen LogP contribution in [0.2, 0.25) is 0 Å². The molecular weight excluding hydrogens is 370 g/mol. The van der Waals surface area contributed by atoms with Crippen LogP contribution in [0.15, 0.2) is 24.3 Å². The van der Waals surface area contributed by atoms with Crippen molar-refractivity contribution in [2.24, 2.45) is 0 Å². The Morgan fingerprint density at radius 3 is 2.48 bits per heavy atom. The van der Waals surface area contributed by atoms with Gasteiger partial charge >= 0.3 is 11.9 Å². The Bertz CT molecular complexity index is 1060. The second kappa shape index (κ2) is 7.12. The van der Waals surface area contributed by atoms with Crippen LogP contribution in [0.3, 0.4) is 0 Å². The van der Waals surface area contributed by atoms with Gasteiger partial charge in [-0.1, -0.05) is 11.3 Å². The highest BCUT2D eigenvalue weighted by atomic mass is 32.1. The van der Waals surface area contributed by atoms with Crippen molar-refractivity contribution in [2.45, 2.75) is 6.92 Å². The molecule has 0 fully saturated rings. The van der Waals surface area contributed by atoms with Crippen molar-refractivity contribution in [1.82, 2.24) is 4.98 Å². The monoisotopic (exact) mass is 387 g/mol. The molecule has 0 unspecified atom stereocenters. The molecule has 0 bridgehead atoms. The minimum absolute atomic E-state index is 0.0396. The van der Waals surface area contributed by atoms with Crippen LogP contribution in [0.4, 0.5) is 10.8 Å². The molecule has 0 spiro atoms. The molecule has 0 radical (unpaired) electrons. The summed E-state index contributed by atoms with van der Waals surface area (Å²) in [5.41, 5.74) is 13.3. The van der Waals surface area contributed by atoms with Crippen LogP contribution in [0.1, 0.15) is 26.3 Å². The average Bonchev–Trinajstić information content (AvgIpc) is 3.02. The van der Waals surface area contributed by atoms with E-state index in [-0.39, 0.29) is 22.6 Å². The van der Waals surface area contributed by atoms with Crippen LogP contribution < -0.4 is 20.9 Å². The number of carbonyl (C=O) groups is 2. The van der Waals surface area contributed by atoms with Gasteiger partial charge in [0.15, 0.2) is 10.9 Å². The van der Waals surface area contributed by atoms with E-state index >= 15 is 0 Å². The molecule has 0 aliphatic carbocycles. The summed E-state index contributed by atoms with van der Waals surface area (Å²) in [5, 5.41) is 0.372. The Labute approximate surface area is 158 Å². The topological polar surface area (TPSA) is 127 Å². The zero-order chi connectivity index (χ0) is 19.7. The molecule has 3 aromatic rings. The van der Waals surface area contributed by atoms with E-state index in [0.717, 1.165) is 0 Å². The summed E-state index contributed by atoms with van der Waals surface area (Å²) in [6.45, 7) is 1.65. The number of rotatable bonds is 4. The Hall–Kier alpha value is -3.33. The predicted octanol–water partition coefficient (Wildman–Crippen LogP) is 2.78. The van der Waals surface area contributed by atoms with Gasteiger partial charge in [-0.3, -0.25) is 0 Å². The quantitative estimate of drug-likeness (QED) is 0.397. The molecule has 9 heteroatoms. The van der Waals surface area contributed by atoms with Gasteiger partial charge in [0.1, 0.15) is 16.9 Å². The minimum Gasteiger partial charge on any atom is -0.496 e. The molecule has 0 atom stereocenters. The maximum Gasteiger partial charge on any atom is 0.347 e. The van der Waals surface area contributed by atoms with Crippen molar-refractivity contribution in [3.05, 3.63) is 41.0 Å². The summed E-state index contributed by atoms with van der Waals surface area (Å²) in [5.74, 6) is -1.03. The Balaban J connectivity index is 2.07. The van der Waals surface area contributed by atoms with E-state index in [2.05, 4.69) is 4.98 Å². The number of benzene rings is 2. The van der Waals surface area contributed by atoms with Crippen LogP contribution in [-0.2, 0) is 4.74 Å². The lowest BCUT2D eigenvalue weighted by Crippen LogP contribution is -2.15. The van der Waals surface area contributed by atoms with E-state index < -0.39 is 11.9 Å². The second-order valence-corrected chi connectivity index (χ2v) is 6.67. The molecule has 1 heterocycles. The third-order valence-corrected chi connectivity index (χ3v) is 4.84. The first kappa shape index (κ1) is 18.5. The number of aromatic nitrogens is 1. The van der Waals surface area contributed by atoms with E-state index in [1.165, 1.54) is 31.6 Å². The number of nitrogens with zero attached hydrogens (tertiary/aromatic N) is 1. The van der Waals surface area contributed by atoms with Crippen molar-refractivity contribution in [2.75, 3.05) is 25.7 Å². The van der Waals surface area contributed by atoms with Crippen molar-refractivity contribution < 1.29 is 23.8 Å². The standard InChI is InChI=1S/C18H17N3O5S/c1-8-11(19)5-4-9(16(22)25-3)15(8)26-17(23)10-6-14-12(7-13(10)24-2)21-18(20)27-14/h4-7H,19H2,1-3H3,(H2,20,21). The van der Waals surface area contributed by atoms with Gasteiger partial charge in [-0.2, -0.15) is 0 Å². The highest BCUT2D eigenvalue weighted by Gasteiger charge is 2.23. The van der Waals surface area contributed by atoms with Gasteiger partial charge in [-0.05, 0) is 25.1 Å². The van der Waals surface area contributed by atoms with Gasteiger partial charge in [-0.15, -0.1) is 0 Å². The van der Waals surface area contributed by atoms with E-state index in [0.29, 0.717) is 26.6 Å². The summed E-state index contributed by atoms with van der Waals surface area (Å²) in [4.78, 5) is 29.0. The Morgan fingerprint density at radius 2 is 1.81 bits per heavy atom. The number of anilines is 2. The number of nitrogen functional groups attached to an aromatic ring is 2. The Kier molecular flexibility index (Phi) is 4.87. The number of nitrogens with two attached hydrogens (primary N) is 2. The SMILES string of the molecule is COC(=O)c1ccc(N)c(C)c1OC(=O)c1cc2sc(N)nc2cc1OC. The first-order valence-electron chi connectivity index (χ1n) is 7.79. The summed E-state index contributed by atoms with van der Waals surface area (Å²) in [7, 11) is 2.67. The van der Waals surface area contributed by atoms with Crippen molar-refractivity contribution in [3.63, 3.8) is 0 Å². The highest BCUT2D eigenvalue weighted by molar-refractivity contribution is 7.22. The maximum absolute atomic E-state index is 12.8. The molecule has 0 saturated heterocycles. The minimum atomic E-state index is -0.709. The van der Waals surface area contributed by atoms with Gasteiger partial charge in [0.2, 0.25) is 0 Å². The van der Waals surface area contributed by atoms with Gasteiger partial charge in [0, 0.05) is 17.3 Å². The number of carbonyl (C=O) groups excluding carboxylic acids is 2. The number of methoxy groups -OCH3 is 2. The molecule has 3 rings (SSSR count). The van der Waals surface area contributed by atoms with Crippen LogP contribution in [0, 0.1) is 6.92 Å². The molecule has 140 valence electrons. The number of ether oxygens (including phenoxy) is 3. The molecular formula is C18H17N3O5S. The van der Waals surface area contributed by atoms with Gasteiger partial charge in [0.05, 0.1) is 24.4 Å². The van der Waals surface area contributed by atoms with Crippen LogP contribution in [-0.4, -0.2) is 31.1 Å². The first-order valence-corrected chi connectivity index (χ1v) is 8.61. The van der Waals surface area contributed by atoms with Crippen molar-refractivity contribution >= 4 is 44.3 Å². The zero-order valence-corrected chi connectivity index (χ0v) is 15.7. The van der Waals surface area contributed by atoms with Crippen LogP contribution in [0.5, 0.6) is 11.5 Å². The highest BCUT2D eigenvalue weighted by Crippen LogP contribution is 2.33. The van der Waals surface area contributed by atoms with E-state index in [4.69, 9.17) is 25.7 Å². The maximum atomic E-state index is 12.8. The molecule has 8 nitrogen and oxygen atoms in total. The van der Waals surface area contributed by atoms with Gasteiger partial charge in [0.25, 0.3) is 0 Å². The van der Waals surface area contributed by atoms with Crippen LogP contribution in [0.25, 0.3) is 10.2 Å². The number of fused-ring (bicyclic) bond motifs is 1. The molecule has 0 saturated carbocycles. The fourth-order valence-electron chi connectivity index (χ4n) is 2.56. The summed E-state index contributed by atoms with van der Waals surface area (Å²) in [6.07, 6.45) is 0. The lowest BCUT2D eigenvalue weighted by Gasteiger charge is -2.14. The normalized spacial score (nSPS) is 10.6. The summed E-state index contributed by atoms with van der Waals surface area (Å²) < 4.78 is 16.3. The summed E-state index contributed by atoms with van der Waals surface area (Å²) >= 11 is 1.24. The van der Waals surface area contributed by atoms with E-state index in [9.17, 15) is 9.59 Å². The van der Waals surface area contributed by atoms with Gasteiger partial charge in [-0.25, -0.2) is 14.6 Å². The van der Waals surface area contributed by atoms with Gasteiger partial charge < -0.3 is 25.7 Å². The lowest BCUT2D eigenvalue weighted by atomic mass is 10.1. The molecule has 2 aromatic carbocycles. The smallest absolute Gasteiger partial charge is 0.347 e. The summed E-state index contributed by atoms with van der Waals surface area (Å²) in [6, 6.07) is 6.18. The number of esters is 2. The van der Waals surface area contributed by atoms with Crippen molar-refractivity contribution in [3.8, 4) is 11.5 Å². The average molecular weight is 387 g/mol. The number of hydrogen-bond donors (Lipinski definition) is 2.